The van der Waals surface area contributed by atoms with Crippen molar-refractivity contribution in [1.82, 2.24) is 0 Å². The first kappa shape index (κ1) is 19.6. The Morgan fingerprint density at radius 3 is 2.09 bits per heavy atom. The largest absolute Gasteiger partial charge is 0.322 e. The monoisotopic (exact) mass is 450 g/mol. The molecule has 4 aromatic rings. The van der Waals surface area contributed by atoms with Gasteiger partial charge >= 0.3 is 0 Å². The lowest BCUT2D eigenvalue weighted by Crippen LogP contribution is -2.58. The summed E-state index contributed by atoms with van der Waals surface area (Å²) in [6.07, 6.45) is 0. The van der Waals surface area contributed by atoms with Crippen molar-refractivity contribution in [2.24, 2.45) is 5.10 Å². The minimum atomic E-state index is -1.24. The van der Waals surface area contributed by atoms with E-state index < -0.39 is 5.66 Å². The van der Waals surface area contributed by atoms with E-state index in [-0.39, 0.29) is 5.91 Å². The van der Waals surface area contributed by atoms with Crippen molar-refractivity contribution in [2.45, 2.75) is 5.66 Å². The first-order valence-corrected chi connectivity index (χ1v) is 11.0. The lowest BCUT2D eigenvalue weighted by molar-refractivity contribution is -0.120. The van der Waals surface area contributed by atoms with Gasteiger partial charge in [-0.2, -0.15) is 5.10 Å². The number of para-hydroxylation sites is 2. The van der Waals surface area contributed by atoms with E-state index in [9.17, 15) is 4.79 Å². The molecule has 33 heavy (non-hydrogen) atoms. The summed E-state index contributed by atoms with van der Waals surface area (Å²) in [5.41, 5.74) is 2.90. The van der Waals surface area contributed by atoms with Crippen LogP contribution < -0.4 is 15.2 Å². The number of benzene rings is 4. The van der Waals surface area contributed by atoms with Gasteiger partial charge in [0.05, 0.1) is 5.69 Å². The molecule has 0 aliphatic carbocycles. The van der Waals surface area contributed by atoms with E-state index in [1.165, 1.54) is 0 Å². The normalized spacial score (nSPS) is 18.9. The molecule has 6 rings (SSSR count). The maximum absolute atomic E-state index is 14.0. The van der Waals surface area contributed by atoms with Crippen LogP contribution in [0, 0.1) is 0 Å². The van der Waals surface area contributed by atoms with Gasteiger partial charge in [0.25, 0.3) is 5.91 Å². The minimum Gasteiger partial charge on any atom is -0.322 e. The first-order valence-electron chi connectivity index (χ1n) is 10.7. The summed E-state index contributed by atoms with van der Waals surface area (Å²) in [5, 5.41) is 10.6. The number of nitrogens with zero attached hydrogens (tertiary/aromatic N) is 3. The van der Waals surface area contributed by atoms with Crippen LogP contribution in [0.4, 0.5) is 17.1 Å². The molecule has 6 heteroatoms. The zero-order chi connectivity index (χ0) is 22.4. The molecule has 2 aliphatic heterocycles. The standard InChI is InChI=1S/C27H19ClN4O/c28-20-15-17-21(18-16-20)31-25(19-9-3-1-4-10-19)30-32(22-11-5-2-6-12-22)27(31)23-13-7-8-14-24(23)29-26(27)33/h1-18H,(H,29,33). The number of amidine groups is 1. The Kier molecular flexibility index (Phi) is 4.45. The van der Waals surface area contributed by atoms with Crippen LogP contribution in [0.5, 0.6) is 0 Å². The van der Waals surface area contributed by atoms with E-state index in [1.54, 1.807) is 0 Å². The van der Waals surface area contributed by atoms with Crippen molar-refractivity contribution in [2.75, 3.05) is 15.2 Å². The molecule has 2 aliphatic rings. The van der Waals surface area contributed by atoms with Gasteiger partial charge in [-0.05, 0) is 42.5 Å². The molecule has 1 amide bonds. The average molecular weight is 451 g/mol. The van der Waals surface area contributed by atoms with E-state index in [4.69, 9.17) is 16.7 Å². The fraction of sp³-hybridized carbons (Fsp3) is 0.0370. The lowest BCUT2D eigenvalue weighted by Gasteiger charge is -2.40. The molecule has 1 spiro atoms. The second-order valence-electron chi connectivity index (χ2n) is 7.92. The summed E-state index contributed by atoms with van der Waals surface area (Å²) in [6.45, 7) is 0. The zero-order valence-corrected chi connectivity index (χ0v) is 18.3. The topological polar surface area (TPSA) is 47.9 Å². The van der Waals surface area contributed by atoms with Crippen molar-refractivity contribution in [3.8, 4) is 0 Å². The van der Waals surface area contributed by atoms with Gasteiger partial charge in [0, 0.05) is 27.5 Å². The molecule has 0 radical (unpaired) electrons. The Morgan fingerprint density at radius 2 is 1.36 bits per heavy atom. The number of hydrazone groups is 1. The van der Waals surface area contributed by atoms with Crippen molar-refractivity contribution in [1.29, 1.82) is 0 Å². The highest BCUT2D eigenvalue weighted by molar-refractivity contribution is 6.30. The molecule has 1 unspecified atom stereocenters. The Labute approximate surface area is 196 Å². The summed E-state index contributed by atoms with van der Waals surface area (Å²) in [7, 11) is 0. The fourth-order valence-electron chi connectivity index (χ4n) is 4.61. The Morgan fingerprint density at radius 1 is 0.727 bits per heavy atom. The van der Waals surface area contributed by atoms with Crippen LogP contribution in [0.3, 0.4) is 0 Å². The summed E-state index contributed by atoms with van der Waals surface area (Å²) < 4.78 is 0. The Balaban J connectivity index is 1.68. The van der Waals surface area contributed by atoms with Crippen LogP contribution in [-0.2, 0) is 10.5 Å². The van der Waals surface area contributed by atoms with Gasteiger partial charge in [-0.25, -0.2) is 5.01 Å². The second-order valence-corrected chi connectivity index (χ2v) is 8.36. The van der Waals surface area contributed by atoms with Crippen LogP contribution in [0.15, 0.2) is 114 Å². The summed E-state index contributed by atoms with van der Waals surface area (Å²) in [4.78, 5) is 16.0. The SMILES string of the molecule is O=C1Nc2ccccc2C12N(c1ccccc1)N=C(c1ccccc1)N2c1ccc(Cl)cc1. The maximum atomic E-state index is 14.0. The van der Waals surface area contributed by atoms with Gasteiger partial charge in [0.1, 0.15) is 0 Å². The van der Waals surface area contributed by atoms with E-state index in [0.717, 1.165) is 28.2 Å². The molecule has 0 fully saturated rings. The summed E-state index contributed by atoms with van der Waals surface area (Å²) in [6, 6.07) is 35.0. The van der Waals surface area contributed by atoms with Gasteiger partial charge in [-0.3, -0.25) is 9.69 Å². The number of hydrogen-bond acceptors (Lipinski definition) is 4. The molecule has 0 saturated carbocycles. The van der Waals surface area contributed by atoms with Crippen molar-refractivity contribution < 1.29 is 4.79 Å². The highest BCUT2D eigenvalue weighted by atomic mass is 35.5. The molecule has 2 heterocycles. The summed E-state index contributed by atoms with van der Waals surface area (Å²) >= 11 is 6.22. The Hall–Kier alpha value is -4.09. The van der Waals surface area contributed by atoms with Crippen LogP contribution in [0.25, 0.3) is 0 Å². The molecule has 160 valence electrons. The molecule has 0 aromatic heterocycles. The highest BCUT2D eigenvalue weighted by Gasteiger charge is 2.61. The minimum absolute atomic E-state index is 0.169. The second kappa shape index (κ2) is 7.50. The quantitative estimate of drug-likeness (QED) is 0.427. The van der Waals surface area contributed by atoms with Gasteiger partial charge in [-0.15, -0.1) is 0 Å². The molecule has 4 aromatic carbocycles. The number of carbonyl (C=O) groups excluding carboxylic acids is 1. The van der Waals surface area contributed by atoms with Gasteiger partial charge in [-0.1, -0.05) is 78.3 Å². The number of halogens is 1. The fourth-order valence-corrected chi connectivity index (χ4v) is 4.73. The van der Waals surface area contributed by atoms with Crippen molar-refractivity contribution in [3.05, 3.63) is 125 Å². The van der Waals surface area contributed by atoms with Crippen LogP contribution in [-0.4, -0.2) is 11.7 Å². The summed E-state index contributed by atoms with van der Waals surface area (Å²) in [5.74, 6) is 0.505. The molecule has 1 atom stereocenters. The number of fused-ring (bicyclic) bond motifs is 2. The predicted octanol–water partition coefficient (Wildman–Crippen LogP) is 5.83. The lowest BCUT2D eigenvalue weighted by atomic mass is 9.96. The van der Waals surface area contributed by atoms with Crippen LogP contribution in [0.1, 0.15) is 11.1 Å². The smallest absolute Gasteiger partial charge is 0.278 e. The Bertz CT molecular complexity index is 1370. The van der Waals surface area contributed by atoms with E-state index in [0.29, 0.717) is 10.9 Å². The van der Waals surface area contributed by atoms with Crippen molar-refractivity contribution in [3.63, 3.8) is 0 Å². The zero-order valence-electron chi connectivity index (χ0n) is 17.5. The number of anilines is 3. The molecule has 0 bridgehead atoms. The highest BCUT2D eigenvalue weighted by Crippen LogP contribution is 2.50. The maximum Gasteiger partial charge on any atom is 0.278 e. The molecular weight excluding hydrogens is 432 g/mol. The molecule has 1 N–H and O–H groups in total. The molecule has 0 saturated heterocycles. The molecular formula is C27H19ClN4O. The number of rotatable bonds is 3. The third-order valence-electron chi connectivity index (χ3n) is 6.02. The van der Waals surface area contributed by atoms with E-state index >= 15 is 0 Å². The number of nitrogens with one attached hydrogen (secondary N) is 1. The third kappa shape index (κ3) is 2.86. The number of hydrogen-bond donors (Lipinski definition) is 1. The van der Waals surface area contributed by atoms with E-state index in [2.05, 4.69) is 5.32 Å². The number of carbonyl (C=O) groups is 1. The number of amides is 1. The van der Waals surface area contributed by atoms with Crippen LogP contribution >= 0.6 is 11.6 Å². The predicted molar refractivity (Wildman–Crippen MR) is 133 cm³/mol. The average Bonchev–Trinajstić information content (AvgIpc) is 3.37. The molecule has 5 nitrogen and oxygen atoms in total. The van der Waals surface area contributed by atoms with Gasteiger partial charge < -0.3 is 5.32 Å². The third-order valence-corrected chi connectivity index (χ3v) is 6.27. The van der Waals surface area contributed by atoms with E-state index in [1.807, 2.05) is 119 Å². The van der Waals surface area contributed by atoms with Gasteiger partial charge in [0.2, 0.25) is 5.66 Å². The van der Waals surface area contributed by atoms with Crippen molar-refractivity contribution >= 4 is 40.4 Å². The van der Waals surface area contributed by atoms with Gasteiger partial charge in [0.15, 0.2) is 5.84 Å². The first-order chi connectivity index (χ1) is 16.2. The van der Waals surface area contributed by atoms with Crippen LogP contribution in [0.2, 0.25) is 5.02 Å².